The number of carbonyl (C=O) groups excluding carboxylic acids is 1. The van der Waals surface area contributed by atoms with Gasteiger partial charge in [0, 0.05) is 18.8 Å². The minimum Gasteiger partial charge on any atom is -0.367 e. The van der Waals surface area contributed by atoms with Gasteiger partial charge in [0.2, 0.25) is 5.95 Å². The zero-order valence-electron chi connectivity index (χ0n) is 12.7. The van der Waals surface area contributed by atoms with Crippen LogP contribution in [0.3, 0.4) is 0 Å². The molecule has 2 aromatic heterocycles. The van der Waals surface area contributed by atoms with Gasteiger partial charge in [-0.05, 0) is 25.0 Å². The fourth-order valence-corrected chi connectivity index (χ4v) is 2.64. The predicted octanol–water partition coefficient (Wildman–Crippen LogP) is 1.95. The van der Waals surface area contributed by atoms with E-state index in [1.165, 1.54) is 0 Å². The molecule has 6 heteroatoms. The van der Waals surface area contributed by atoms with Crippen LogP contribution in [0.5, 0.6) is 0 Å². The third-order valence-corrected chi connectivity index (χ3v) is 3.77. The zero-order chi connectivity index (χ0) is 15.9. The van der Waals surface area contributed by atoms with E-state index in [-0.39, 0.29) is 11.9 Å². The van der Waals surface area contributed by atoms with Crippen LogP contribution in [-0.2, 0) is 0 Å². The smallest absolute Gasteiger partial charge is 0.252 e. The number of carbonyl (C=O) groups is 1. The first-order valence-electron chi connectivity index (χ1n) is 6.96. The quantitative estimate of drug-likeness (QED) is 0.756. The van der Waals surface area contributed by atoms with E-state index in [0.717, 1.165) is 27.9 Å². The second kappa shape index (κ2) is 5.14. The van der Waals surface area contributed by atoms with Crippen LogP contribution >= 0.6 is 0 Å². The fourth-order valence-electron chi connectivity index (χ4n) is 2.64. The third kappa shape index (κ3) is 2.09. The first-order valence-corrected chi connectivity index (χ1v) is 6.96. The Labute approximate surface area is 128 Å². The van der Waals surface area contributed by atoms with Crippen LogP contribution in [0, 0.1) is 13.8 Å². The van der Waals surface area contributed by atoms with Gasteiger partial charge in [-0.15, -0.1) is 5.10 Å². The maximum absolute atomic E-state index is 12.0. The fraction of sp³-hybridized carbons (Fsp3) is 0.188. The molecule has 22 heavy (non-hydrogen) atoms. The van der Waals surface area contributed by atoms with Gasteiger partial charge in [0.15, 0.2) is 0 Å². The molecule has 0 saturated carbocycles. The van der Waals surface area contributed by atoms with Crippen molar-refractivity contribution in [3.63, 3.8) is 0 Å². The molecule has 0 radical (unpaired) electrons. The second-order valence-electron chi connectivity index (χ2n) is 5.17. The molecule has 0 bridgehead atoms. The molecule has 0 unspecified atom stereocenters. The summed E-state index contributed by atoms with van der Waals surface area (Å²) in [5, 5.41) is 6.83. The van der Waals surface area contributed by atoms with E-state index in [4.69, 9.17) is 5.73 Å². The normalized spacial score (nSPS) is 10.9. The molecular weight excluding hydrogens is 278 g/mol. The lowest BCUT2D eigenvalue weighted by molar-refractivity contribution is 0.0962. The lowest BCUT2D eigenvalue weighted by Crippen LogP contribution is -2.17. The van der Waals surface area contributed by atoms with Crippen molar-refractivity contribution in [3.05, 3.63) is 47.2 Å². The number of nitrogen functional groups attached to an aromatic ring is 1. The maximum atomic E-state index is 12.0. The van der Waals surface area contributed by atoms with Gasteiger partial charge in [-0.3, -0.25) is 4.79 Å². The molecule has 3 N–H and O–H groups in total. The van der Waals surface area contributed by atoms with Crippen molar-refractivity contribution in [2.24, 2.45) is 0 Å². The van der Waals surface area contributed by atoms with E-state index < -0.39 is 0 Å². The number of benzene rings is 1. The summed E-state index contributed by atoms with van der Waals surface area (Å²) in [4.78, 5) is 16.4. The van der Waals surface area contributed by atoms with Gasteiger partial charge in [0.25, 0.3) is 5.91 Å². The first-order chi connectivity index (χ1) is 10.5. The molecule has 3 aromatic rings. The number of aryl methyl sites for hydroxylation is 2. The standard InChI is InChI=1S/C16H17N5O/c1-9-6-4-5-7-11(9)13-14-10(2)12(15(22)18-3)8-21(14)20-16(17)19-13/h4-8H,1-3H3,(H2,17,20)(H,18,22). The molecule has 0 fully saturated rings. The van der Waals surface area contributed by atoms with E-state index in [1.54, 1.807) is 17.8 Å². The summed E-state index contributed by atoms with van der Waals surface area (Å²) in [5.41, 5.74) is 10.8. The first kappa shape index (κ1) is 14.1. The van der Waals surface area contributed by atoms with Crippen molar-refractivity contribution >= 4 is 17.4 Å². The van der Waals surface area contributed by atoms with Crippen LogP contribution in [0.25, 0.3) is 16.8 Å². The van der Waals surface area contributed by atoms with Crippen molar-refractivity contribution in [2.75, 3.05) is 12.8 Å². The SMILES string of the molecule is CNC(=O)c1cn2nc(N)nc(-c3ccccc3C)c2c1C. The number of hydrogen-bond donors (Lipinski definition) is 2. The topological polar surface area (TPSA) is 85.3 Å². The molecule has 0 spiro atoms. The highest BCUT2D eigenvalue weighted by atomic mass is 16.1. The van der Waals surface area contributed by atoms with Crippen LogP contribution in [0.4, 0.5) is 5.95 Å². The van der Waals surface area contributed by atoms with E-state index in [1.807, 2.05) is 38.1 Å². The number of nitrogens with one attached hydrogen (secondary N) is 1. The summed E-state index contributed by atoms with van der Waals surface area (Å²) < 4.78 is 1.63. The van der Waals surface area contributed by atoms with Gasteiger partial charge in [-0.2, -0.15) is 0 Å². The number of fused-ring (bicyclic) bond motifs is 1. The molecule has 0 aliphatic rings. The average Bonchev–Trinajstić information content (AvgIpc) is 2.83. The van der Waals surface area contributed by atoms with Crippen molar-refractivity contribution < 1.29 is 4.79 Å². The average molecular weight is 295 g/mol. The Morgan fingerprint density at radius 1 is 1.27 bits per heavy atom. The largest absolute Gasteiger partial charge is 0.367 e. The van der Waals surface area contributed by atoms with Crippen molar-refractivity contribution in [1.82, 2.24) is 19.9 Å². The maximum Gasteiger partial charge on any atom is 0.252 e. The molecule has 0 aliphatic carbocycles. The van der Waals surface area contributed by atoms with Gasteiger partial charge in [0.05, 0.1) is 11.1 Å². The Morgan fingerprint density at radius 3 is 2.68 bits per heavy atom. The Kier molecular flexibility index (Phi) is 3.29. The van der Waals surface area contributed by atoms with Crippen molar-refractivity contribution in [2.45, 2.75) is 13.8 Å². The summed E-state index contributed by atoms with van der Waals surface area (Å²) >= 11 is 0. The summed E-state index contributed by atoms with van der Waals surface area (Å²) in [6.45, 7) is 3.91. The van der Waals surface area contributed by atoms with Crippen LogP contribution in [-0.4, -0.2) is 27.6 Å². The van der Waals surface area contributed by atoms with Crippen molar-refractivity contribution in [1.29, 1.82) is 0 Å². The van der Waals surface area contributed by atoms with Crippen LogP contribution in [0.1, 0.15) is 21.5 Å². The number of rotatable bonds is 2. The second-order valence-corrected chi connectivity index (χ2v) is 5.17. The Balaban J connectivity index is 2.38. The Morgan fingerprint density at radius 2 is 2.00 bits per heavy atom. The highest BCUT2D eigenvalue weighted by molar-refractivity contribution is 5.99. The predicted molar refractivity (Wildman–Crippen MR) is 85.7 cm³/mol. The van der Waals surface area contributed by atoms with E-state index in [2.05, 4.69) is 15.4 Å². The zero-order valence-corrected chi connectivity index (χ0v) is 12.7. The minimum absolute atomic E-state index is 0.155. The minimum atomic E-state index is -0.155. The van der Waals surface area contributed by atoms with Gasteiger partial charge in [0.1, 0.15) is 5.69 Å². The van der Waals surface area contributed by atoms with E-state index in [0.29, 0.717) is 5.56 Å². The van der Waals surface area contributed by atoms with Gasteiger partial charge in [-0.1, -0.05) is 24.3 Å². The lowest BCUT2D eigenvalue weighted by atomic mass is 10.0. The number of aromatic nitrogens is 3. The molecule has 1 amide bonds. The van der Waals surface area contributed by atoms with E-state index in [9.17, 15) is 4.79 Å². The summed E-state index contributed by atoms with van der Waals surface area (Å²) in [7, 11) is 1.60. The van der Waals surface area contributed by atoms with Crippen LogP contribution < -0.4 is 11.1 Å². The monoisotopic (exact) mass is 295 g/mol. The number of nitrogens with two attached hydrogens (primary N) is 1. The van der Waals surface area contributed by atoms with Gasteiger partial charge in [-0.25, -0.2) is 9.50 Å². The third-order valence-electron chi connectivity index (χ3n) is 3.77. The van der Waals surface area contributed by atoms with E-state index >= 15 is 0 Å². The molecule has 1 aromatic carbocycles. The Hall–Kier alpha value is -2.89. The molecule has 0 saturated heterocycles. The summed E-state index contributed by atoms with van der Waals surface area (Å²) in [6, 6.07) is 7.93. The van der Waals surface area contributed by atoms with Crippen molar-refractivity contribution in [3.8, 4) is 11.3 Å². The molecule has 0 aliphatic heterocycles. The van der Waals surface area contributed by atoms with Gasteiger partial charge < -0.3 is 11.1 Å². The number of anilines is 1. The molecule has 6 nitrogen and oxygen atoms in total. The summed E-state index contributed by atoms with van der Waals surface area (Å²) in [5.74, 6) is 0.0153. The number of hydrogen-bond acceptors (Lipinski definition) is 4. The molecule has 2 heterocycles. The van der Waals surface area contributed by atoms with Gasteiger partial charge >= 0.3 is 0 Å². The number of amides is 1. The molecule has 3 rings (SSSR count). The summed E-state index contributed by atoms with van der Waals surface area (Å²) in [6.07, 6.45) is 1.68. The molecule has 0 atom stereocenters. The highest BCUT2D eigenvalue weighted by Gasteiger charge is 2.19. The van der Waals surface area contributed by atoms with Crippen LogP contribution in [0.2, 0.25) is 0 Å². The van der Waals surface area contributed by atoms with Crippen LogP contribution in [0.15, 0.2) is 30.5 Å². The highest BCUT2D eigenvalue weighted by Crippen LogP contribution is 2.30. The Bertz CT molecular complexity index is 882. The lowest BCUT2D eigenvalue weighted by Gasteiger charge is -2.08. The molecular formula is C16H17N5O. The number of nitrogens with zero attached hydrogens (tertiary/aromatic N) is 3. The molecule has 112 valence electrons.